The maximum Gasteiger partial charge on any atom is 0.322 e. The maximum absolute atomic E-state index is 13.5. The molecular weight excluding hydrogens is 420 g/mol. The number of hydrogen-bond donors (Lipinski definition) is 1. The molecular formula is C26H28N2O5. The van der Waals surface area contributed by atoms with Gasteiger partial charge in [-0.3, -0.25) is 0 Å². The lowest BCUT2D eigenvalue weighted by Crippen LogP contribution is -2.43. The van der Waals surface area contributed by atoms with E-state index in [0.717, 1.165) is 16.7 Å². The summed E-state index contributed by atoms with van der Waals surface area (Å²) in [4.78, 5) is 15.4. The van der Waals surface area contributed by atoms with E-state index in [2.05, 4.69) is 5.32 Å². The zero-order valence-corrected chi connectivity index (χ0v) is 19.3. The van der Waals surface area contributed by atoms with Crippen LogP contribution < -0.4 is 24.3 Å². The monoisotopic (exact) mass is 448 g/mol. The van der Waals surface area contributed by atoms with Crippen LogP contribution in [0.15, 0.2) is 60.7 Å². The van der Waals surface area contributed by atoms with Crippen molar-refractivity contribution in [2.24, 2.45) is 0 Å². The van der Waals surface area contributed by atoms with Gasteiger partial charge in [0, 0.05) is 12.6 Å². The Balaban J connectivity index is 1.73. The van der Waals surface area contributed by atoms with Crippen molar-refractivity contribution in [2.75, 3.05) is 40.3 Å². The molecule has 3 aromatic carbocycles. The molecule has 3 aromatic rings. The molecule has 7 nitrogen and oxygen atoms in total. The number of methoxy groups -OCH3 is 4. The second-order valence-electron chi connectivity index (χ2n) is 7.66. The third kappa shape index (κ3) is 4.39. The minimum absolute atomic E-state index is 0.215. The topological polar surface area (TPSA) is 69.3 Å². The smallest absolute Gasteiger partial charge is 0.322 e. The van der Waals surface area contributed by atoms with Crippen molar-refractivity contribution in [3.05, 3.63) is 77.4 Å². The molecule has 0 radical (unpaired) electrons. The van der Waals surface area contributed by atoms with Crippen LogP contribution in [-0.2, 0) is 6.42 Å². The zero-order valence-electron chi connectivity index (χ0n) is 19.3. The second-order valence-corrected chi connectivity index (χ2v) is 7.66. The van der Waals surface area contributed by atoms with Crippen molar-refractivity contribution in [1.82, 2.24) is 4.90 Å². The fourth-order valence-corrected chi connectivity index (χ4v) is 4.25. The summed E-state index contributed by atoms with van der Waals surface area (Å²) >= 11 is 0. The Labute approximate surface area is 193 Å². The van der Waals surface area contributed by atoms with Gasteiger partial charge in [-0.25, -0.2) is 4.79 Å². The van der Waals surface area contributed by atoms with Gasteiger partial charge in [0.05, 0.1) is 40.2 Å². The first-order valence-corrected chi connectivity index (χ1v) is 10.7. The number of carbonyl (C=O) groups is 1. The largest absolute Gasteiger partial charge is 0.497 e. The van der Waals surface area contributed by atoms with Crippen LogP contribution in [0.2, 0.25) is 0 Å². The minimum Gasteiger partial charge on any atom is -0.497 e. The SMILES string of the molecule is COc1ccc(NC(=O)N2CCc3cc(OC)c(OC)cc3[C@@H]2c2ccccc2)c(OC)c1. The van der Waals surface area contributed by atoms with Crippen LogP contribution in [-0.4, -0.2) is 45.9 Å². The van der Waals surface area contributed by atoms with Gasteiger partial charge in [0.15, 0.2) is 11.5 Å². The summed E-state index contributed by atoms with van der Waals surface area (Å²) in [5.41, 5.74) is 3.74. The number of carbonyl (C=O) groups excluding carboxylic acids is 1. The summed E-state index contributed by atoms with van der Waals surface area (Å²) in [6.45, 7) is 0.548. The highest BCUT2D eigenvalue weighted by atomic mass is 16.5. The number of nitrogens with zero attached hydrogens (tertiary/aromatic N) is 1. The fraction of sp³-hybridized carbons (Fsp3) is 0.269. The molecule has 0 spiro atoms. The molecule has 2 amide bonds. The van der Waals surface area contributed by atoms with E-state index in [0.29, 0.717) is 41.7 Å². The third-order valence-corrected chi connectivity index (χ3v) is 5.90. The van der Waals surface area contributed by atoms with Crippen molar-refractivity contribution in [3.8, 4) is 23.0 Å². The fourth-order valence-electron chi connectivity index (χ4n) is 4.25. The van der Waals surface area contributed by atoms with Crippen LogP contribution in [0, 0.1) is 0 Å². The van der Waals surface area contributed by atoms with E-state index in [1.54, 1.807) is 46.6 Å². The molecule has 1 heterocycles. The normalized spacial score (nSPS) is 14.8. The number of urea groups is 1. The number of amides is 2. The highest BCUT2D eigenvalue weighted by Crippen LogP contribution is 2.41. The molecule has 172 valence electrons. The predicted octanol–water partition coefficient (Wildman–Crippen LogP) is 4.90. The summed E-state index contributed by atoms with van der Waals surface area (Å²) in [7, 11) is 6.40. The average Bonchev–Trinajstić information content (AvgIpc) is 2.87. The van der Waals surface area contributed by atoms with Gasteiger partial charge in [0.2, 0.25) is 0 Å². The standard InChI is InChI=1S/C26H28N2O5/c1-30-19-10-11-21(22(15-19)31-2)27-26(29)28-13-12-18-14-23(32-3)24(33-4)16-20(18)25(28)17-8-6-5-7-9-17/h5-11,14-16,25H,12-13H2,1-4H3,(H,27,29)/t25-/m0/s1. The average molecular weight is 449 g/mol. The van der Waals surface area contributed by atoms with E-state index in [-0.39, 0.29) is 12.1 Å². The number of hydrogen-bond acceptors (Lipinski definition) is 5. The quantitative estimate of drug-likeness (QED) is 0.581. The first-order valence-electron chi connectivity index (χ1n) is 10.7. The Kier molecular flexibility index (Phi) is 6.58. The number of anilines is 1. The Morgan fingerprint density at radius 2 is 1.55 bits per heavy atom. The molecule has 1 atom stereocenters. The van der Waals surface area contributed by atoms with E-state index < -0.39 is 0 Å². The summed E-state index contributed by atoms with van der Waals surface area (Å²) in [6.07, 6.45) is 0.701. The van der Waals surface area contributed by atoms with Gasteiger partial charge in [-0.2, -0.15) is 0 Å². The molecule has 0 unspecified atom stereocenters. The molecule has 0 fully saturated rings. The van der Waals surface area contributed by atoms with Crippen LogP contribution in [0.3, 0.4) is 0 Å². The molecule has 1 N–H and O–H groups in total. The first kappa shape index (κ1) is 22.3. The van der Waals surface area contributed by atoms with E-state index in [1.165, 1.54) is 0 Å². The van der Waals surface area contributed by atoms with E-state index >= 15 is 0 Å². The van der Waals surface area contributed by atoms with Gasteiger partial charge in [0.1, 0.15) is 11.5 Å². The van der Waals surface area contributed by atoms with Crippen LogP contribution in [0.5, 0.6) is 23.0 Å². The number of benzene rings is 3. The second kappa shape index (κ2) is 9.73. The number of rotatable bonds is 6. The summed E-state index contributed by atoms with van der Waals surface area (Å²) in [5, 5.41) is 3.01. The lowest BCUT2D eigenvalue weighted by Gasteiger charge is -2.38. The highest BCUT2D eigenvalue weighted by molar-refractivity contribution is 5.92. The van der Waals surface area contributed by atoms with Crippen LogP contribution >= 0.6 is 0 Å². The summed E-state index contributed by atoms with van der Waals surface area (Å²) in [5.74, 6) is 2.50. The van der Waals surface area contributed by atoms with Gasteiger partial charge in [-0.05, 0) is 47.4 Å². The maximum atomic E-state index is 13.5. The Bertz CT molecular complexity index is 1130. The van der Waals surface area contributed by atoms with E-state index in [1.807, 2.05) is 47.4 Å². The van der Waals surface area contributed by atoms with Crippen molar-refractivity contribution in [2.45, 2.75) is 12.5 Å². The molecule has 1 aliphatic heterocycles. The van der Waals surface area contributed by atoms with Gasteiger partial charge >= 0.3 is 6.03 Å². The molecule has 0 saturated carbocycles. The van der Waals surface area contributed by atoms with Crippen LogP contribution in [0.4, 0.5) is 10.5 Å². The van der Waals surface area contributed by atoms with E-state index in [9.17, 15) is 4.79 Å². The molecule has 0 saturated heterocycles. The Hall–Kier alpha value is -3.87. The number of nitrogens with one attached hydrogen (secondary N) is 1. The van der Waals surface area contributed by atoms with Gasteiger partial charge in [0.25, 0.3) is 0 Å². The molecule has 0 aliphatic carbocycles. The summed E-state index contributed by atoms with van der Waals surface area (Å²) < 4.78 is 21.8. The lowest BCUT2D eigenvalue weighted by atomic mass is 9.88. The van der Waals surface area contributed by atoms with Crippen LogP contribution in [0.1, 0.15) is 22.7 Å². The van der Waals surface area contributed by atoms with E-state index in [4.69, 9.17) is 18.9 Å². The highest BCUT2D eigenvalue weighted by Gasteiger charge is 2.33. The zero-order chi connectivity index (χ0) is 23.4. The van der Waals surface area contributed by atoms with Gasteiger partial charge < -0.3 is 29.2 Å². The summed E-state index contributed by atoms with van der Waals surface area (Å²) in [6, 6.07) is 18.8. The molecule has 33 heavy (non-hydrogen) atoms. The van der Waals surface area contributed by atoms with Crippen molar-refractivity contribution in [1.29, 1.82) is 0 Å². The Morgan fingerprint density at radius 1 is 0.848 bits per heavy atom. The Morgan fingerprint density at radius 3 is 2.21 bits per heavy atom. The van der Waals surface area contributed by atoms with Crippen molar-refractivity contribution >= 4 is 11.7 Å². The van der Waals surface area contributed by atoms with Gasteiger partial charge in [-0.15, -0.1) is 0 Å². The van der Waals surface area contributed by atoms with Gasteiger partial charge in [-0.1, -0.05) is 30.3 Å². The lowest BCUT2D eigenvalue weighted by molar-refractivity contribution is 0.193. The van der Waals surface area contributed by atoms with Crippen molar-refractivity contribution < 1.29 is 23.7 Å². The van der Waals surface area contributed by atoms with Crippen molar-refractivity contribution in [3.63, 3.8) is 0 Å². The molecule has 0 bridgehead atoms. The van der Waals surface area contributed by atoms with Crippen LogP contribution in [0.25, 0.3) is 0 Å². The number of fused-ring (bicyclic) bond motifs is 1. The molecule has 1 aliphatic rings. The molecule has 7 heteroatoms. The third-order valence-electron chi connectivity index (χ3n) is 5.90. The minimum atomic E-state index is -0.279. The molecule has 4 rings (SSSR count). The predicted molar refractivity (Wildman–Crippen MR) is 127 cm³/mol. The first-order chi connectivity index (χ1) is 16.1. The number of ether oxygens (including phenoxy) is 4. The molecule has 0 aromatic heterocycles.